The lowest BCUT2D eigenvalue weighted by atomic mass is 10.8. The van der Waals surface area contributed by atoms with E-state index >= 15 is 0 Å². The molecule has 9 heavy (non-hydrogen) atoms. The van der Waals surface area contributed by atoms with Gasteiger partial charge in [-0.05, 0) is 0 Å². The molecule has 0 radical (unpaired) electrons. The smallest absolute Gasteiger partial charge is 0.0101 e. The molecule has 0 aliphatic carbocycles. The average molecular weight is 155 g/mol. The number of rotatable bonds is 4. The molecule has 58 valence electrons. The van der Waals surface area contributed by atoms with Crippen LogP contribution in [0.3, 0.4) is 0 Å². The molecular formula is C4H15ClN4. The van der Waals surface area contributed by atoms with Crippen molar-refractivity contribution < 1.29 is 0 Å². The first kappa shape index (κ1) is 11.9. The van der Waals surface area contributed by atoms with Crippen LogP contribution in [0.1, 0.15) is 6.92 Å². The third-order valence-corrected chi connectivity index (χ3v) is 0.763. The van der Waals surface area contributed by atoms with Crippen LogP contribution in [0.15, 0.2) is 0 Å². The van der Waals surface area contributed by atoms with Crippen LogP contribution >= 0.6 is 12.4 Å². The molecule has 0 rings (SSSR count). The Hall–Kier alpha value is 0.130. The van der Waals surface area contributed by atoms with Crippen LogP contribution < -0.4 is 16.3 Å². The molecule has 3 N–H and O–H groups in total. The highest BCUT2D eigenvalue weighted by Gasteiger charge is 1.89. The first-order valence-electron chi connectivity index (χ1n) is 2.73. The van der Waals surface area contributed by atoms with Gasteiger partial charge in [-0.3, -0.25) is 0 Å². The Morgan fingerprint density at radius 3 is 1.78 bits per heavy atom. The molecule has 0 bridgehead atoms. The molecule has 0 aromatic carbocycles. The summed E-state index contributed by atoms with van der Waals surface area (Å²) in [5, 5.41) is 1.68. The van der Waals surface area contributed by atoms with Crippen molar-refractivity contribution in [2.24, 2.45) is 0 Å². The Kier molecular flexibility index (Phi) is 10.7. The minimum Gasteiger partial charge on any atom is -0.230 e. The van der Waals surface area contributed by atoms with Gasteiger partial charge in [0.2, 0.25) is 0 Å². The van der Waals surface area contributed by atoms with Crippen LogP contribution in [0.5, 0.6) is 0 Å². The van der Waals surface area contributed by atoms with E-state index in [1.807, 2.05) is 21.0 Å². The Balaban J connectivity index is 0. The number of nitrogens with zero attached hydrogens (tertiary/aromatic N) is 1. The molecule has 0 fully saturated rings. The van der Waals surface area contributed by atoms with E-state index in [1.54, 1.807) is 5.23 Å². The van der Waals surface area contributed by atoms with Gasteiger partial charge in [-0.25, -0.2) is 16.3 Å². The van der Waals surface area contributed by atoms with Gasteiger partial charge < -0.3 is 0 Å². The van der Waals surface area contributed by atoms with E-state index in [-0.39, 0.29) is 12.4 Å². The zero-order chi connectivity index (χ0) is 6.41. The van der Waals surface area contributed by atoms with E-state index < -0.39 is 0 Å². The molecule has 4 nitrogen and oxygen atoms in total. The quantitative estimate of drug-likeness (QED) is 0.478. The molecule has 0 aliphatic heterocycles. The number of hydrogen-bond donors (Lipinski definition) is 3. The normalized spacial score (nSPS) is 9.33. The fraction of sp³-hybridized carbons (Fsp3) is 1.00. The van der Waals surface area contributed by atoms with Gasteiger partial charge in [0, 0.05) is 20.6 Å². The molecule has 0 saturated heterocycles. The second kappa shape index (κ2) is 8.13. The first-order chi connectivity index (χ1) is 3.85. The summed E-state index contributed by atoms with van der Waals surface area (Å²) in [6, 6.07) is 0. The van der Waals surface area contributed by atoms with E-state index in [4.69, 9.17) is 0 Å². The van der Waals surface area contributed by atoms with Crippen molar-refractivity contribution >= 4 is 12.4 Å². The van der Waals surface area contributed by atoms with Crippen molar-refractivity contribution in [1.82, 2.24) is 21.5 Å². The van der Waals surface area contributed by atoms with Gasteiger partial charge in [-0.2, -0.15) is 0 Å². The lowest BCUT2D eigenvalue weighted by molar-refractivity contribution is 0.0763. The molecule has 0 amide bonds. The molecular weight excluding hydrogens is 140 g/mol. The molecule has 0 aromatic heterocycles. The van der Waals surface area contributed by atoms with Crippen molar-refractivity contribution in [2.45, 2.75) is 6.92 Å². The molecule has 0 heterocycles. The zero-order valence-corrected chi connectivity index (χ0v) is 6.88. The predicted octanol–water partition coefficient (Wildman–Crippen LogP) is -0.497. The van der Waals surface area contributed by atoms with E-state index in [9.17, 15) is 0 Å². The van der Waals surface area contributed by atoms with Gasteiger partial charge in [-0.1, -0.05) is 6.92 Å². The lowest BCUT2D eigenvalue weighted by Gasteiger charge is -2.18. The molecule has 0 aromatic rings. The maximum atomic E-state index is 2.99. The van der Waals surface area contributed by atoms with Gasteiger partial charge in [0.05, 0.1) is 0 Å². The second-order valence-corrected chi connectivity index (χ2v) is 1.29. The van der Waals surface area contributed by atoms with Gasteiger partial charge >= 0.3 is 0 Å². The van der Waals surface area contributed by atoms with Crippen molar-refractivity contribution in [3.05, 3.63) is 0 Å². The SMILES string of the molecule is CCNN(NC)NC.Cl. The minimum atomic E-state index is 0. The highest BCUT2D eigenvalue weighted by Crippen LogP contribution is 1.58. The van der Waals surface area contributed by atoms with Gasteiger partial charge in [0.15, 0.2) is 0 Å². The molecule has 5 heteroatoms. The Labute approximate surface area is 62.3 Å². The number of nitrogens with one attached hydrogen (secondary N) is 3. The predicted molar refractivity (Wildman–Crippen MR) is 40.9 cm³/mol. The summed E-state index contributed by atoms with van der Waals surface area (Å²) in [7, 11) is 3.66. The summed E-state index contributed by atoms with van der Waals surface area (Å²) in [6.07, 6.45) is 0. The third-order valence-electron chi connectivity index (χ3n) is 0.763. The monoisotopic (exact) mass is 154 g/mol. The van der Waals surface area contributed by atoms with Crippen LogP contribution in [0.4, 0.5) is 0 Å². The Morgan fingerprint density at radius 2 is 1.67 bits per heavy atom. The van der Waals surface area contributed by atoms with Crippen LogP contribution in [0.2, 0.25) is 0 Å². The summed E-state index contributed by atoms with van der Waals surface area (Å²) in [6.45, 7) is 2.93. The highest BCUT2D eigenvalue weighted by molar-refractivity contribution is 5.85. The molecule has 0 aliphatic rings. The lowest BCUT2D eigenvalue weighted by Crippen LogP contribution is -2.53. The summed E-state index contributed by atoms with van der Waals surface area (Å²) in [5.74, 6) is 0. The number of hydrogen-bond acceptors (Lipinski definition) is 4. The summed E-state index contributed by atoms with van der Waals surface area (Å²) in [5.41, 5.74) is 8.72. The van der Waals surface area contributed by atoms with Crippen molar-refractivity contribution in [3.8, 4) is 0 Å². The van der Waals surface area contributed by atoms with E-state index in [0.717, 1.165) is 6.54 Å². The largest absolute Gasteiger partial charge is 0.230 e. The van der Waals surface area contributed by atoms with Crippen molar-refractivity contribution in [2.75, 3.05) is 20.6 Å². The summed E-state index contributed by atoms with van der Waals surface area (Å²) in [4.78, 5) is 0. The summed E-state index contributed by atoms with van der Waals surface area (Å²) >= 11 is 0. The average Bonchev–Trinajstić information content (AvgIpc) is 1.83. The standard InChI is InChI=1S/C4H14N4.ClH/c1-4-7-8(5-2)6-3;/h5-7H,4H2,1-3H3;1H. The molecule has 0 atom stereocenters. The van der Waals surface area contributed by atoms with Gasteiger partial charge in [0.1, 0.15) is 0 Å². The third kappa shape index (κ3) is 6.01. The van der Waals surface area contributed by atoms with Crippen molar-refractivity contribution in [3.63, 3.8) is 0 Å². The topological polar surface area (TPSA) is 39.3 Å². The Morgan fingerprint density at radius 1 is 1.22 bits per heavy atom. The van der Waals surface area contributed by atoms with Gasteiger partial charge in [-0.15, -0.1) is 17.6 Å². The summed E-state index contributed by atoms with van der Waals surface area (Å²) < 4.78 is 0. The van der Waals surface area contributed by atoms with E-state index in [1.165, 1.54) is 0 Å². The van der Waals surface area contributed by atoms with Crippen LogP contribution in [-0.2, 0) is 0 Å². The zero-order valence-electron chi connectivity index (χ0n) is 6.06. The minimum absolute atomic E-state index is 0. The van der Waals surface area contributed by atoms with Gasteiger partial charge in [0.25, 0.3) is 0 Å². The number of hydrazine groups is 3. The number of halogens is 1. The molecule has 0 spiro atoms. The maximum Gasteiger partial charge on any atom is 0.0101 e. The first-order valence-corrected chi connectivity index (χ1v) is 2.73. The fourth-order valence-electron chi connectivity index (χ4n) is 0.428. The van der Waals surface area contributed by atoms with Crippen molar-refractivity contribution in [1.29, 1.82) is 0 Å². The second-order valence-electron chi connectivity index (χ2n) is 1.29. The fourth-order valence-corrected chi connectivity index (χ4v) is 0.428. The van der Waals surface area contributed by atoms with E-state index in [0.29, 0.717) is 0 Å². The Bertz CT molecular complexity index is 47.8. The van der Waals surface area contributed by atoms with Crippen LogP contribution in [-0.4, -0.2) is 25.9 Å². The van der Waals surface area contributed by atoms with Crippen LogP contribution in [0, 0.1) is 0 Å². The molecule has 0 saturated carbocycles. The highest BCUT2D eigenvalue weighted by atomic mass is 35.5. The van der Waals surface area contributed by atoms with Crippen LogP contribution in [0.25, 0.3) is 0 Å². The molecule has 0 unspecified atom stereocenters. The van der Waals surface area contributed by atoms with E-state index in [2.05, 4.69) is 16.3 Å². The maximum absolute atomic E-state index is 2.99.